The Balaban J connectivity index is 2.16. The maximum atomic E-state index is 11.8. The number of hydrogen-bond acceptors (Lipinski definition) is 5. The number of carbonyl (C=O) groups excluding carboxylic acids is 1. The Kier molecular flexibility index (Phi) is 3.15. The molecule has 1 aliphatic rings. The summed E-state index contributed by atoms with van der Waals surface area (Å²) in [5, 5.41) is 3.98. The van der Waals surface area contributed by atoms with Crippen LogP contribution in [0.25, 0.3) is 11.0 Å². The van der Waals surface area contributed by atoms with Crippen LogP contribution in [0.5, 0.6) is 0 Å². The van der Waals surface area contributed by atoms with Crippen LogP contribution in [0, 0.1) is 0 Å². The lowest BCUT2D eigenvalue weighted by Gasteiger charge is -2.29. The van der Waals surface area contributed by atoms with Gasteiger partial charge < -0.3 is 20.4 Å². The molecule has 1 amide bonds. The summed E-state index contributed by atoms with van der Waals surface area (Å²) in [7, 11) is 0. The lowest BCUT2D eigenvalue weighted by Crippen LogP contribution is -2.43. The molecule has 1 aliphatic heterocycles. The Bertz CT molecular complexity index is 717. The largest absolute Gasteiger partial charge is 0.420 e. The molecule has 104 valence electrons. The summed E-state index contributed by atoms with van der Waals surface area (Å²) in [6, 6.07) is 7.09. The Morgan fingerprint density at radius 3 is 2.75 bits per heavy atom. The maximum Gasteiger partial charge on any atom is 0.349 e. The van der Waals surface area contributed by atoms with Crippen LogP contribution < -0.4 is 21.6 Å². The van der Waals surface area contributed by atoms with Crippen molar-refractivity contribution in [3.8, 4) is 0 Å². The fourth-order valence-corrected chi connectivity index (χ4v) is 2.46. The average Bonchev–Trinajstić information content (AvgIpc) is 2.46. The van der Waals surface area contributed by atoms with Gasteiger partial charge in [0.2, 0.25) is 0 Å². The van der Waals surface area contributed by atoms with Crippen molar-refractivity contribution in [3.05, 3.63) is 40.2 Å². The van der Waals surface area contributed by atoms with Gasteiger partial charge in [-0.15, -0.1) is 0 Å². The van der Waals surface area contributed by atoms with Crippen molar-refractivity contribution < 1.29 is 9.21 Å². The predicted molar refractivity (Wildman–Crippen MR) is 76.1 cm³/mol. The van der Waals surface area contributed by atoms with Crippen molar-refractivity contribution in [3.63, 3.8) is 0 Å². The molecule has 1 aromatic heterocycles. The molecule has 0 spiro atoms. The first-order valence-corrected chi connectivity index (χ1v) is 6.49. The minimum absolute atomic E-state index is 0.116. The maximum absolute atomic E-state index is 11.8. The van der Waals surface area contributed by atoms with E-state index in [0.717, 1.165) is 31.9 Å². The molecular formula is C14H15N3O3. The van der Waals surface area contributed by atoms with E-state index in [1.54, 1.807) is 6.07 Å². The summed E-state index contributed by atoms with van der Waals surface area (Å²) in [6.45, 7) is 3.47. The number of nitrogens with one attached hydrogen (secondary N) is 1. The van der Waals surface area contributed by atoms with Gasteiger partial charge in [0, 0.05) is 31.6 Å². The van der Waals surface area contributed by atoms with E-state index < -0.39 is 11.5 Å². The zero-order valence-corrected chi connectivity index (χ0v) is 10.9. The van der Waals surface area contributed by atoms with Gasteiger partial charge in [0.1, 0.15) is 5.56 Å². The van der Waals surface area contributed by atoms with E-state index in [-0.39, 0.29) is 5.56 Å². The van der Waals surface area contributed by atoms with Gasteiger partial charge in [0.25, 0.3) is 5.91 Å². The Labute approximate surface area is 115 Å². The third kappa shape index (κ3) is 2.14. The van der Waals surface area contributed by atoms with Crippen LogP contribution in [0.15, 0.2) is 33.5 Å². The highest BCUT2D eigenvalue weighted by Crippen LogP contribution is 2.26. The molecule has 3 rings (SSSR count). The number of benzene rings is 1. The van der Waals surface area contributed by atoms with Crippen molar-refractivity contribution in [2.75, 3.05) is 31.1 Å². The van der Waals surface area contributed by atoms with Crippen LogP contribution in [-0.4, -0.2) is 32.1 Å². The molecule has 2 aromatic rings. The van der Waals surface area contributed by atoms with E-state index in [9.17, 15) is 9.59 Å². The smallest absolute Gasteiger partial charge is 0.349 e. The summed E-state index contributed by atoms with van der Waals surface area (Å²) < 4.78 is 5.32. The zero-order valence-electron chi connectivity index (χ0n) is 10.9. The second-order valence-corrected chi connectivity index (χ2v) is 4.74. The van der Waals surface area contributed by atoms with Crippen LogP contribution >= 0.6 is 0 Å². The van der Waals surface area contributed by atoms with Gasteiger partial charge in [-0.05, 0) is 12.1 Å². The molecule has 0 radical (unpaired) electrons. The van der Waals surface area contributed by atoms with Crippen LogP contribution in [0.4, 0.5) is 5.69 Å². The number of carbonyl (C=O) groups is 1. The van der Waals surface area contributed by atoms with Gasteiger partial charge in [-0.2, -0.15) is 0 Å². The second kappa shape index (κ2) is 4.97. The predicted octanol–water partition coefficient (Wildman–Crippen LogP) is 0.301. The third-order valence-corrected chi connectivity index (χ3v) is 3.46. The van der Waals surface area contributed by atoms with E-state index in [1.165, 1.54) is 6.07 Å². The highest BCUT2D eigenvalue weighted by molar-refractivity contribution is 5.97. The number of rotatable bonds is 2. The molecule has 20 heavy (non-hydrogen) atoms. The molecule has 0 atom stereocenters. The first kappa shape index (κ1) is 12.7. The van der Waals surface area contributed by atoms with Gasteiger partial charge in [-0.3, -0.25) is 4.79 Å². The number of fused-ring (bicyclic) bond motifs is 1. The molecule has 6 nitrogen and oxygen atoms in total. The Morgan fingerprint density at radius 1 is 1.30 bits per heavy atom. The van der Waals surface area contributed by atoms with Crippen molar-refractivity contribution in [2.45, 2.75) is 0 Å². The van der Waals surface area contributed by atoms with Crippen molar-refractivity contribution >= 4 is 22.6 Å². The van der Waals surface area contributed by atoms with E-state index >= 15 is 0 Å². The summed E-state index contributed by atoms with van der Waals surface area (Å²) in [5.74, 6) is -0.770. The topological polar surface area (TPSA) is 88.6 Å². The number of piperazine rings is 1. The lowest BCUT2D eigenvalue weighted by molar-refractivity contribution is 0.0997. The Morgan fingerprint density at radius 2 is 2.05 bits per heavy atom. The highest BCUT2D eigenvalue weighted by atomic mass is 16.4. The monoisotopic (exact) mass is 273 g/mol. The van der Waals surface area contributed by atoms with Crippen molar-refractivity contribution in [2.24, 2.45) is 5.73 Å². The van der Waals surface area contributed by atoms with Gasteiger partial charge in [-0.1, -0.05) is 12.1 Å². The van der Waals surface area contributed by atoms with E-state index in [2.05, 4.69) is 10.2 Å². The first-order chi connectivity index (χ1) is 9.66. The first-order valence-electron chi connectivity index (χ1n) is 6.49. The molecule has 3 N–H and O–H groups in total. The Hall–Kier alpha value is -2.34. The zero-order chi connectivity index (χ0) is 14.1. The molecule has 2 heterocycles. The van der Waals surface area contributed by atoms with E-state index in [1.807, 2.05) is 12.1 Å². The van der Waals surface area contributed by atoms with Crippen LogP contribution in [0.2, 0.25) is 0 Å². The van der Waals surface area contributed by atoms with Crippen molar-refractivity contribution in [1.82, 2.24) is 5.32 Å². The fraction of sp³-hybridized carbons (Fsp3) is 0.286. The minimum Gasteiger partial charge on any atom is -0.420 e. The normalized spacial score (nSPS) is 15.5. The molecule has 0 saturated carbocycles. The van der Waals surface area contributed by atoms with Gasteiger partial charge in [0.05, 0.1) is 5.69 Å². The second-order valence-electron chi connectivity index (χ2n) is 4.74. The number of hydrogen-bond donors (Lipinski definition) is 2. The lowest BCUT2D eigenvalue weighted by atomic mass is 10.1. The fourth-order valence-electron chi connectivity index (χ4n) is 2.46. The number of amides is 1. The molecule has 1 saturated heterocycles. The highest BCUT2D eigenvalue weighted by Gasteiger charge is 2.17. The number of nitrogens with zero attached hydrogens (tertiary/aromatic N) is 1. The minimum atomic E-state index is -0.770. The summed E-state index contributed by atoms with van der Waals surface area (Å²) in [5.41, 5.74) is 5.74. The average molecular weight is 273 g/mol. The van der Waals surface area contributed by atoms with Crippen LogP contribution in [-0.2, 0) is 0 Å². The number of primary amides is 1. The van der Waals surface area contributed by atoms with Crippen LogP contribution in [0.1, 0.15) is 10.4 Å². The number of para-hydroxylation sites is 1. The van der Waals surface area contributed by atoms with Crippen molar-refractivity contribution in [1.29, 1.82) is 0 Å². The van der Waals surface area contributed by atoms with Gasteiger partial charge in [-0.25, -0.2) is 4.79 Å². The molecule has 0 aliphatic carbocycles. The van der Waals surface area contributed by atoms with Gasteiger partial charge >= 0.3 is 5.63 Å². The summed E-state index contributed by atoms with van der Waals surface area (Å²) in [4.78, 5) is 25.2. The quantitative estimate of drug-likeness (QED) is 0.768. The van der Waals surface area contributed by atoms with E-state index in [4.69, 9.17) is 10.2 Å². The third-order valence-electron chi connectivity index (χ3n) is 3.46. The summed E-state index contributed by atoms with van der Waals surface area (Å²) in [6.07, 6.45) is 0. The standard InChI is InChI=1S/C14H15N3O3/c15-13(18)10-8-9-2-1-3-11(12(9)20-14(10)19)17-6-4-16-5-7-17/h1-3,8,16H,4-7H2,(H2,15,18). The molecule has 1 fully saturated rings. The number of anilines is 1. The molecule has 0 bridgehead atoms. The molecular weight excluding hydrogens is 258 g/mol. The molecule has 0 unspecified atom stereocenters. The SMILES string of the molecule is NC(=O)c1cc2cccc(N3CCNCC3)c2oc1=O. The molecule has 1 aromatic carbocycles. The van der Waals surface area contributed by atoms with E-state index in [0.29, 0.717) is 11.0 Å². The van der Waals surface area contributed by atoms with Gasteiger partial charge in [0.15, 0.2) is 5.58 Å². The number of nitrogens with two attached hydrogens (primary N) is 1. The summed E-state index contributed by atoms with van der Waals surface area (Å²) >= 11 is 0. The van der Waals surface area contributed by atoms with Crippen LogP contribution in [0.3, 0.4) is 0 Å². The molecule has 6 heteroatoms.